The van der Waals surface area contributed by atoms with E-state index >= 15 is 0 Å². The van der Waals surface area contributed by atoms with Gasteiger partial charge in [-0.3, -0.25) is 15.5 Å². The number of rotatable bonds is 9. The lowest BCUT2D eigenvalue weighted by atomic mass is 10.1. The fraction of sp³-hybridized carbons (Fsp3) is 0.129. The van der Waals surface area contributed by atoms with E-state index < -0.39 is 21.9 Å². The number of ether oxygens (including phenoxy) is 1. The molecule has 0 heterocycles. The predicted molar refractivity (Wildman–Crippen MR) is 163 cm³/mol. The van der Waals surface area contributed by atoms with Crippen LogP contribution < -0.4 is 25.4 Å². The number of halogens is 1. The fourth-order valence-corrected chi connectivity index (χ4v) is 5.02. The van der Waals surface area contributed by atoms with Gasteiger partial charge in [0.1, 0.15) is 17.4 Å². The first-order chi connectivity index (χ1) is 20.4. The van der Waals surface area contributed by atoms with Gasteiger partial charge in [0, 0.05) is 28.5 Å². The van der Waals surface area contributed by atoms with E-state index in [1.54, 1.807) is 66.7 Å². The van der Waals surface area contributed by atoms with Gasteiger partial charge in [-0.1, -0.05) is 42.5 Å². The van der Waals surface area contributed by atoms with Crippen LogP contribution in [0.5, 0.6) is 5.75 Å². The molecule has 0 spiro atoms. The molecule has 0 fully saturated rings. The minimum Gasteiger partial charge on any atom is -0.410 e. The number of nitrogens with zero attached hydrogens (tertiary/aromatic N) is 1. The molecule has 4 rings (SSSR count). The number of hydrogen-bond acceptors (Lipinski definition) is 7. The summed E-state index contributed by atoms with van der Waals surface area (Å²) in [6.07, 6.45) is -0.902. The maximum absolute atomic E-state index is 13.1. The van der Waals surface area contributed by atoms with Crippen LogP contribution >= 0.6 is 0 Å². The highest BCUT2D eigenvalue weighted by molar-refractivity contribution is 7.89. The van der Waals surface area contributed by atoms with Crippen LogP contribution in [0.2, 0.25) is 0 Å². The number of nitrogens with one attached hydrogen (secondary N) is 3. The molecule has 0 atom stereocenters. The van der Waals surface area contributed by atoms with Gasteiger partial charge in [-0.15, -0.1) is 0 Å². The molecular formula is C31H30FN5O5S. The largest absolute Gasteiger partial charge is 0.418 e. The lowest BCUT2D eigenvalue weighted by Crippen LogP contribution is -2.38. The van der Waals surface area contributed by atoms with Crippen molar-refractivity contribution in [1.82, 2.24) is 5.32 Å². The van der Waals surface area contributed by atoms with E-state index in [4.69, 9.17) is 15.3 Å². The smallest absolute Gasteiger partial charge is 0.410 e. The third-order valence-electron chi connectivity index (χ3n) is 6.33. The molecule has 0 aliphatic heterocycles. The SMILES string of the molecule is CC(C)N(CC(=O)Nc1ccc(-c2ccccc2S(N)(=O)=O)cc1)c1cccc(C(=N)NC(=O)Oc2ccc(F)cc2)c1. The van der Waals surface area contributed by atoms with Crippen molar-refractivity contribution < 1.29 is 27.1 Å². The van der Waals surface area contributed by atoms with Gasteiger partial charge in [-0.05, 0) is 74.0 Å². The van der Waals surface area contributed by atoms with Crippen LogP contribution in [-0.2, 0) is 14.8 Å². The van der Waals surface area contributed by atoms with E-state index in [2.05, 4.69) is 10.6 Å². The molecule has 0 unspecified atom stereocenters. The van der Waals surface area contributed by atoms with Crippen molar-refractivity contribution in [2.45, 2.75) is 24.8 Å². The van der Waals surface area contributed by atoms with Gasteiger partial charge < -0.3 is 15.0 Å². The van der Waals surface area contributed by atoms with Crippen LogP contribution in [0.1, 0.15) is 19.4 Å². The Balaban J connectivity index is 1.41. The molecule has 0 aliphatic carbocycles. The number of sulfonamides is 1. The van der Waals surface area contributed by atoms with Gasteiger partial charge in [0.25, 0.3) is 0 Å². The van der Waals surface area contributed by atoms with E-state index in [0.29, 0.717) is 28.1 Å². The molecule has 4 aromatic carbocycles. The summed E-state index contributed by atoms with van der Waals surface area (Å²) in [6, 6.07) is 24.8. The number of benzene rings is 4. The van der Waals surface area contributed by atoms with Crippen LogP contribution in [0.15, 0.2) is 102 Å². The molecule has 2 amide bonds. The second-order valence-corrected chi connectivity index (χ2v) is 11.3. The number of hydrogen-bond donors (Lipinski definition) is 4. The lowest BCUT2D eigenvalue weighted by Gasteiger charge is -2.29. The Morgan fingerprint density at radius 3 is 2.28 bits per heavy atom. The third kappa shape index (κ3) is 8.24. The summed E-state index contributed by atoms with van der Waals surface area (Å²) in [5.74, 6) is -0.859. The van der Waals surface area contributed by atoms with Crippen molar-refractivity contribution in [2.24, 2.45) is 5.14 Å². The monoisotopic (exact) mass is 603 g/mol. The molecular weight excluding hydrogens is 573 g/mol. The Labute approximate surface area is 248 Å². The number of carbonyl (C=O) groups excluding carboxylic acids is 2. The number of nitrogens with two attached hydrogens (primary N) is 1. The van der Waals surface area contributed by atoms with E-state index in [0.717, 1.165) is 12.1 Å². The van der Waals surface area contributed by atoms with Crippen LogP contribution in [0.25, 0.3) is 11.1 Å². The van der Waals surface area contributed by atoms with Crippen molar-refractivity contribution >= 4 is 39.2 Å². The molecule has 0 saturated carbocycles. The van der Waals surface area contributed by atoms with Crippen molar-refractivity contribution in [3.05, 3.63) is 108 Å². The highest BCUT2D eigenvalue weighted by Gasteiger charge is 2.18. The third-order valence-corrected chi connectivity index (χ3v) is 7.30. The lowest BCUT2D eigenvalue weighted by molar-refractivity contribution is -0.115. The maximum atomic E-state index is 13.1. The van der Waals surface area contributed by atoms with Gasteiger partial charge >= 0.3 is 6.09 Å². The number of carbonyl (C=O) groups is 2. The zero-order valence-electron chi connectivity index (χ0n) is 23.4. The number of anilines is 2. The quantitative estimate of drug-likeness (QED) is 0.154. The number of amidine groups is 1. The van der Waals surface area contributed by atoms with Crippen LogP contribution in [0, 0.1) is 11.2 Å². The van der Waals surface area contributed by atoms with Gasteiger partial charge in [-0.2, -0.15) is 0 Å². The van der Waals surface area contributed by atoms with Crippen molar-refractivity contribution in [3.63, 3.8) is 0 Å². The summed E-state index contributed by atoms with van der Waals surface area (Å²) in [6.45, 7) is 3.83. The first-order valence-electron chi connectivity index (χ1n) is 13.1. The summed E-state index contributed by atoms with van der Waals surface area (Å²) in [7, 11) is -3.91. The molecule has 222 valence electrons. The molecule has 5 N–H and O–H groups in total. The maximum Gasteiger partial charge on any atom is 0.418 e. The molecule has 12 heteroatoms. The standard InChI is InChI=1S/C31H30FN5O5S/c1-20(2)37(25-7-5-6-22(18-25)30(33)36-31(39)42-26-16-12-23(32)13-17-26)19-29(38)35-24-14-10-21(11-15-24)27-8-3-4-9-28(27)43(34,40)41/h3-18,20H,19H2,1-2H3,(H,35,38)(H2,33,36,39)(H2,34,40,41). The molecule has 0 aromatic heterocycles. The molecule has 0 aliphatic rings. The minimum atomic E-state index is -3.91. The Bertz CT molecular complexity index is 1740. The van der Waals surface area contributed by atoms with Crippen LogP contribution in [-0.4, -0.2) is 38.8 Å². The first kappa shape index (κ1) is 30.9. The normalized spacial score (nSPS) is 11.1. The van der Waals surface area contributed by atoms with Crippen molar-refractivity contribution in [2.75, 3.05) is 16.8 Å². The van der Waals surface area contributed by atoms with Gasteiger partial charge in [0.2, 0.25) is 15.9 Å². The second-order valence-electron chi connectivity index (χ2n) is 9.78. The van der Waals surface area contributed by atoms with Crippen molar-refractivity contribution in [3.8, 4) is 16.9 Å². The highest BCUT2D eigenvalue weighted by atomic mass is 32.2. The number of amides is 2. The molecule has 10 nitrogen and oxygen atoms in total. The summed E-state index contributed by atoms with van der Waals surface area (Å²) < 4.78 is 42.1. The molecule has 0 radical (unpaired) electrons. The second kappa shape index (κ2) is 13.3. The Morgan fingerprint density at radius 2 is 1.63 bits per heavy atom. The average Bonchev–Trinajstić information content (AvgIpc) is 2.97. The number of primary sulfonamides is 1. The van der Waals surface area contributed by atoms with Crippen molar-refractivity contribution in [1.29, 1.82) is 5.41 Å². The zero-order valence-corrected chi connectivity index (χ0v) is 24.2. The molecule has 4 aromatic rings. The predicted octanol–water partition coefficient (Wildman–Crippen LogP) is 5.11. The molecule has 0 saturated heterocycles. The molecule has 43 heavy (non-hydrogen) atoms. The first-order valence-corrected chi connectivity index (χ1v) is 14.7. The van der Waals surface area contributed by atoms with Gasteiger partial charge in [0.05, 0.1) is 11.4 Å². The minimum absolute atomic E-state index is 0.00893. The van der Waals surface area contributed by atoms with Gasteiger partial charge in [-0.25, -0.2) is 22.7 Å². The van der Waals surface area contributed by atoms with Crippen LogP contribution in [0.3, 0.4) is 0 Å². The van der Waals surface area contributed by atoms with Gasteiger partial charge in [0.15, 0.2) is 0 Å². The van der Waals surface area contributed by atoms with E-state index in [-0.39, 0.29) is 35.0 Å². The summed E-state index contributed by atoms with van der Waals surface area (Å²) in [4.78, 5) is 27.1. The summed E-state index contributed by atoms with van der Waals surface area (Å²) >= 11 is 0. The summed E-state index contributed by atoms with van der Waals surface area (Å²) in [5, 5.41) is 18.9. The van der Waals surface area contributed by atoms with Crippen LogP contribution in [0.4, 0.5) is 20.6 Å². The van der Waals surface area contributed by atoms with E-state index in [1.807, 2.05) is 18.7 Å². The fourth-order valence-electron chi connectivity index (χ4n) is 4.26. The highest BCUT2D eigenvalue weighted by Crippen LogP contribution is 2.28. The summed E-state index contributed by atoms with van der Waals surface area (Å²) in [5.41, 5.74) is 2.63. The zero-order chi connectivity index (χ0) is 31.1. The topological polar surface area (TPSA) is 155 Å². The Hall–Kier alpha value is -5.07. The Kier molecular flexibility index (Phi) is 9.53. The molecule has 0 bridgehead atoms. The average molecular weight is 604 g/mol. The van der Waals surface area contributed by atoms with E-state index in [1.165, 1.54) is 18.2 Å². The Morgan fingerprint density at radius 1 is 0.953 bits per heavy atom. The van der Waals surface area contributed by atoms with E-state index in [9.17, 15) is 22.4 Å².